The van der Waals surface area contributed by atoms with E-state index in [1.807, 2.05) is 34.6 Å². The van der Waals surface area contributed by atoms with Gasteiger partial charge in [-0.05, 0) is 113 Å². The molecule has 0 aliphatic carbocycles. The summed E-state index contributed by atoms with van der Waals surface area (Å²) in [5, 5.41) is 20.7. The first-order chi connectivity index (χ1) is 57.8. The zero-order valence-corrected chi connectivity index (χ0v) is 71.4. The minimum Gasteiger partial charge on any atom is -0.493 e. The summed E-state index contributed by atoms with van der Waals surface area (Å²) < 4.78 is 30.6. The number of carbonyl (C=O) groups is 15. The third-order valence-corrected chi connectivity index (χ3v) is 26.4. The van der Waals surface area contributed by atoms with Gasteiger partial charge in [0.05, 0.1) is 96.7 Å². The van der Waals surface area contributed by atoms with Gasteiger partial charge in [-0.2, -0.15) is 0 Å². The number of hydrogen-bond donors (Lipinski definition) is 5. The van der Waals surface area contributed by atoms with E-state index < -0.39 is 180 Å². The number of nitrogens with zero attached hydrogens (tertiary/aromatic N) is 6. The number of fused-ring (bicyclic) bond motifs is 6. The van der Waals surface area contributed by atoms with Gasteiger partial charge in [-0.3, -0.25) is 81.9 Å². The molecule has 3 fully saturated rings. The van der Waals surface area contributed by atoms with E-state index in [0.717, 1.165) is 44.5 Å². The topological polar surface area (TPSA) is 390 Å². The lowest BCUT2D eigenvalue weighted by molar-refractivity contribution is -0.141. The number of anilines is 2. The minimum atomic E-state index is -1.89. The van der Waals surface area contributed by atoms with Crippen LogP contribution in [0.1, 0.15) is 175 Å². The zero-order valence-electron chi connectivity index (χ0n) is 69.8. The van der Waals surface area contributed by atoms with Crippen molar-refractivity contribution >= 4 is 123 Å². The van der Waals surface area contributed by atoms with Crippen molar-refractivity contribution in [1.29, 1.82) is 0 Å². The van der Waals surface area contributed by atoms with Gasteiger partial charge < -0.3 is 59.9 Å². The third kappa shape index (κ3) is 20.9. The Bertz CT molecular complexity index is 4800. The van der Waals surface area contributed by atoms with E-state index >= 15 is 9.59 Å². The second-order valence-corrected chi connectivity index (χ2v) is 35.8. The van der Waals surface area contributed by atoms with E-state index in [4.69, 9.17) is 23.7 Å². The Morgan fingerprint density at radius 3 is 1.65 bits per heavy atom. The highest BCUT2D eigenvalue weighted by Gasteiger charge is 2.47. The molecular weight excluding hydrogens is 1600 g/mol. The number of aliphatic hydroxyl groups is 1. The van der Waals surface area contributed by atoms with Crippen molar-refractivity contribution in [1.82, 2.24) is 40.9 Å². The van der Waals surface area contributed by atoms with Crippen molar-refractivity contribution in [2.75, 3.05) is 61.4 Å². The maximum atomic E-state index is 15.4. The van der Waals surface area contributed by atoms with Gasteiger partial charge >= 0.3 is 12.2 Å². The first kappa shape index (κ1) is 89.5. The van der Waals surface area contributed by atoms with Crippen molar-refractivity contribution in [3.63, 3.8) is 0 Å². The first-order valence-electron chi connectivity index (χ1n) is 41.2. The largest absolute Gasteiger partial charge is 0.493 e. The molecule has 12 bridgehead atoms. The Morgan fingerprint density at radius 1 is 0.545 bits per heavy atom. The molecule has 5 N–H and O–H groups in total. The van der Waals surface area contributed by atoms with Crippen LogP contribution in [0.2, 0.25) is 0 Å². The summed E-state index contributed by atoms with van der Waals surface area (Å²) >= 11 is 2.24. The molecule has 15 rings (SSSR count). The van der Waals surface area contributed by atoms with Gasteiger partial charge in [-0.15, -0.1) is 23.5 Å². The zero-order chi connectivity index (χ0) is 86.9. The lowest BCUT2D eigenvalue weighted by Crippen LogP contribution is -2.60. The molecule has 121 heavy (non-hydrogen) atoms. The molecular formula is C88H106N10O21S2. The lowest BCUT2D eigenvalue weighted by atomic mass is 9.84. The number of ether oxygens (including phenoxy) is 5. The predicted octanol–water partition coefficient (Wildman–Crippen LogP) is 7.99. The van der Waals surface area contributed by atoms with Crippen molar-refractivity contribution in [2.24, 2.45) is 23.7 Å². The van der Waals surface area contributed by atoms with Gasteiger partial charge in [0.2, 0.25) is 41.4 Å². The van der Waals surface area contributed by atoms with Gasteiger partial charge in [0, 0.05) is 112 Å². The minimum absolute atomic E-state index is 0.000827. The smallest absolute Gasteiger partial charge is 0.414 e. The average Bonchev–Trinajstić information content (AvgIpc) is 1.63. The van der Waals surface area contributed by atoms with Crippen LogP contribution in [0, 0.1) is 23.7 Å². The molecule has 11 amide bonds. The van der Waals surface area contributed by atoms with Crippen molar-refractivity contribution < 1.29 is 101 Å². The Hall–Kier alpha value is -10.8. The summed E-state index contributed by atoms with van der Waals surface area (Å²) in [6.07, 6.45) is 0.682. The molecule has 0 spiro atoms. The number of nitrogens with one attached hydrogen (secondary N) is 4. The molecule has 4 aromatic rings. The fourth-order valence-electron chi connectivity index (χ4n) is 16.4. The molecule has 33 heteroatoms. The summed E-state index contributed by atoms with van der Waals surface area (Å²) in [7, 11) is 1.43. The molecule has 11 heterocycles. The van der Waals surface area contributed by atoms with Crippen LogP contribution in [0.4, 0.5) is 21.0 Å². The van der Waals surface area contributed by atoms with Crippen molar-refractivity contribution in [3.8, 4) is 17.2 Å². The molecule has 11 atom stereocenters. The number of carbonyl (C=O) groups excluding carboxylic acids is 15. The van der Waals surface area contributed by atoms with Crippen LogP contribution in [-0.2, 0) is 94.9 Å². The van der Waals surface area contributed by atoms with Crippen LogP contribution in [0.25, 0.3) is 0 Å². The van der Waals surface area contributed by atoms with Crippen LogP contribution in [0.15, 0.2) is 96.3 Å². The number of hydrogen-bond acceptors (Lipinski definition) is 24. The number of imide groups is 2. The molecule has 0 aromatic heterocycles. The quantitative estimate of drug-likeness (QED) is 0.121. The number of Topliss-reactive ketones (excluding diaryl/α,β-unsaturated/α-hetero) is 4. The number of aliphatic hydroxyl groups excluding tert-OH is 1. The number of methoxy groups -OCH3 is 1. The van der Waals surface area contributed by atoms with Gasteiger partial charge in [0.1, 0.15) is 31.0 Å². The second kappa shape index (κ2) is 39.4. The molecule has 0 radical (unpaired) electrons. The van der Waals surface area contributed by atoms with Crippen molar-refractivity contribution in [2.45, 2.75) is 212 Å². The van der Waals surface area contributed by atoms with Crippen LogP contribution < -0.4 is 45.3 Å². The molecule has 646 valence electrons. The fraction of sp³-hybridized carbons (Fsp3) is 0.511. The molecule has 0 saturated carbocycles. The average molecular weight is 1700 g/mol. The normalized spacial score (nSPS) is 26.3. The van der Waals surface area contributed by atoms with E-state index in [2.05, 4.69) is 21.3 Å². The highest BCUT2D eigenvalue weighted by molar-refractivity contribution is 8.17. The van der Waals surface area contributed by atoms with Crippen LogP contribution in [0.3, 0.4) is 0 Å². The first-order valence-corrected chi connectivity index (χ1v) is 43.3. The van der Waals surface area contributed by atoms with E-state index in [9.17, 15) is 67.4 Å². The lowest BCUT2D eigenvalue weighted by Gasteiger charge is -2.33. The molecule has 31 nitrogen and oxygen atoms in total. The molecule has 11 aliphatic heterocycles. The van der Waals surface area contributed by atoms with Gasteiger partial charge in [-0.25, -0.2) is 9.59 Å². The summed E-state index contributed by atoms with van der Waals surface area (Å²) in [6, 6.07) is 12.6. The monoisotopic (exact) mass is 1700 g/mol. The van der Waals surface area contributed by atoms with Gasteiger partial charge in [-0.1, -0.05) is 87.4 Å². The van der Waals surface area contributed by atoms with E-state index in [1.165, 1.54) is 42.0 Å². The summed E-state index contributed by atoms with van der Waals surface area (Å²) in [5.74, 6) is -9.48. The molecule has 11 aliphatic rings. The third-order valence-electron chi connectivity index (χ3n) is 23.8. The number of thioether (sulfide) groups is 2. The number of ketones is 4. The summed E-state index contributed by atoms with van der Waals surface area (Å²) in [4.78, 5) is 223. The van der Waals surface area contributed by atoms with Crippen LogP contribution in [0.5, 0.6) is 17.2 Å². The summed E-state index contributed by atoms with van der Waals surface area (Å²) in [6.45, 7) is 14.5. The number of rotatable bonds is 4. The summed E-state index contributed by atoms with van der Waals surface area (Å²) in [5.41, 5.74) is 5.06. The maximum Gasteiger partial charge on any atom is 0.414 e. The molecule has 11 unspecified atom stereocenters. The standard InChI is InChI=1S/C88H106N10O21S2/c1-47(2)58-20-21-67(100)80-81(92-77(105)23-25-94-79(107)38-75(86(94)112)121-46-120-74-37-78(106)93(85(74)111)24-22-76(104)91-80)70(103)33-61(48(3)4)82(108)90-52(8)69(102)31-55-14-18-57(19-15-55)45-119-88(114)98-53(9)64-29-50(6)41-96(64)84(110)62-32-59(43-99)71(36-66(62)98)116-26-11-27-117-73-35-65-63(34-72(73)115-10)83(109)95-40-49(5)28-60(95)42-97(65)87(113)118-44-56-16-12-54(13-17-56)30-68(101)51(7)89-39-58/h12-19,32,34-36,40-41,47-48,51-53,58,60-61,64,74-75,80-81,89,99H,11,20-31,33,37-39,42-46H2,1-10H3,(H,90,108)(H,91,104)(H,92,105). The Kier molecular flexibility index (Phi) is 29.1. The maximum absolute atomic E-state index is 15.4. The van der Waals surface area contributed by atoms with Crippen LogP contribution in [-0.4, -0.2) is 218 Å². The van der Waals surface area contributed by atoms with Gasteiger partial charge in [0.15, 0.2) is 34.6 Å². The SMILES string of the molecule is COc1cc2c3cc1OCCCOc1cc4c(cc1CO)C(=O)N1C=C(C)CC1C(C)N4C(=O)OCc1ccc(cc1)CC(=O)C(C)NC(=O)C(C(C)C)CC(=O)C1NC(=O)CCN4C(=O)CC(SCSC5CC(=O)N(CCC(=O)NC1C(=O)CCC(C(C)C)CNC(C)C(=O)Cc1ccc(cc1)COC(=O)N3CC1CC(C)=CN1C2=O)C5=O)C4=O. The van der Waals surface area contributed by atoms with E-state index in [0.29, 0.717) is 35.1 Å². The molecule has 4 aromatic carbocycles. The van der Waals surface area contributed by atoms with Gasteiger partial charge in [0.25, 0.3) is 11.8 Å². The van der Waals surface area contributed by atoms with Crippen molar-refractivity contribution in [3.05, 3.63) is 135 Å². The Balaban J connectivity index is 0.827. The number of amides is 11. The highest BCUT2D eigenvalue weighted by atomic mass is 32.2. The second-order valence-electron chi connectivity index (χ2n) is 33.0. The highest BCUT2D eigenvalue weighted by Crippen LogP contribution is 2.44. The van der Waals surface area contributed by atoms with E-state index in [1.54, 1.807) is 97.6 Å². The fourth-order valence-corrected chi connectivity index (χ4v) is 19.1. The van der Waals surface area contributed by atoms with Crippen LogP contribution >= 0.6 is 23.5 Å². The Labute approximate surface area is 710 Å². The molecule has 3 saturated heterocycles. The van der Waals surface area contributed by atoms with E-state index in [-0.39, 0.29) is 158 Å². The Morgan fingerprint density at radius 2 is 1.07 bits per heavy atom. The number of benzene rings is 4. The predicted molar refractivity (Wildman–Crippen MR) is 447 cm³/mol.